The third-order valence-electron chi connectivity index (χ3n) is 5.23. The van der Waals surface area contributed by atoms with E-state index in [4.69, 9.17) is 14.2 Å². The van der Waals surface area contributed by atoms with Crippen LogP contribution < -0.4 is 4.74 Å². The van der Waals surface area contributed by atoms with Crippen LogP contribution in [-0.2, 0) is 14.2 Å². The van der Waals surface area contributed by atoms with Gasteiger partial charge in [0.2, 0.25) is 0 Å². The number of methoxy groups -OCH3 is 2. The number of alkyl halides is 4. The van der Waals surface area contributed by atoms with Crippen LogP contribution >= 0.6 is 0 Å². The summed E-state index contributed by atoms with van der Waals surface area (Å²) in [5.41, 5.74) is 0.484. The van der Waals surface area contributed by atoms with Crippen LogP contribution in [0.3, 0.4) is 0 Å². The molecule has 0 saturated carbocycles. The first-order valence-electron chi connectivity index (χ1n) is 10.8. The summed E-state index contributed by atoms with van der Waals surface area (Å²) in [6, 6.07) is 6.73. The zero-order valence-electron chi connectivity index (χ0n) is 19.3. The van der Waals surface area contributed by atoms with Gasteiger partial charge in [-0.15, -0.1) is 0 Å². The Morgan fingerprint density at radius 2 is 2.00 bits per heavy atom. The third kappa shape index (κ3) is 8.99. The van der Waals surface area contributed by atoms with Crippen LogP contribution in [0.5, 0.6) is 5.75 Å². The van der Waals surface area contributed by atoms with Crippen molar-refractivity contribution in [2.45, 2.75) is 24.6 Å². The predicted octanol–water partition coefficient (Wildman–Crippen LogP) is 1.76. The quantitative estimate of drug-likeness (QED) is 0.393. The molecule has 1 N–H and O–H groups in total. The number of aliphatic hydroxyl groups excluding tert-OH is 1. The lowest BCUT2D eigenvalue weighted by molar-refractivity contribution is -0.171. The Labute approximate surface area is 196 Å². The number of rotatable bonds is 14. The minimum absolute atomic E-state index is 0.0879. The van der Waals surface area contributed by atoms with Crippen molar-refractivity contribution in [3.63, 3.8) is 0 Å². The number of β-amino-alcohol motifs (C(OH)–C–C–N with tert-alkyl or cyclic N) is 1. The molecule has 1 saturated heterocycles. The maximum atomic E-state index is 13.0. The largest absolute Gasteiger partial charge is 0.497 e. The summed E-state index contributed by atoms with van der Waals surface area (Å²) in [5, 5.41) is 10.1. The topological polar surface area (TPSA) is 80.7 Å². The molecule has 194 valence electrons. The second-order valence-corrected chi connectivity index (χ2v) is 7.96. The molecule has 1 aromatic carbocycles. The Kier molecular flexibility index (Phi) is 11.5. The van der Waals surface area contributed by atoms with E-state index < -0.39 is 31.7 Å². The van der Waals surface area contributed by atoms with Gasteiger partial charge in [0.15, 0.2) is 0 Å². The molecule has 0 radical (unpaired) electrons. The number of hydrogen-bond donors (Lipinski definition) is 1. The van der Waals surface area contributed by atoms with Crippen LogP contribution in [0.4, 0.5) is 17.6 Å². The highest BCUT2D eigenvalue weighted by molar-refractivity contribution is 5.94. The number of nitrogens with zero attached hydrogens (tertiary/aromatic N) is 2. The standard InChI is InChI=1S/C22H32F4N2O6/c1-31-9-8-28(20(30)16-3-5-18(32-2)6-4-16)13-19-12-27(7-10-34-19)11-17(29)14-33-15-22(25,26)21(23)24/h3-6,17,19,21,29H,7-15H2,1-2H3/t17-,19-/m1/s1. The van der Waals surface area contributed by atoms with E-state index in [-0.39, 0.29) is 25.1 Å². The average Bonchev–Trinajstić information content (AvgIpc) is 2.81. The molecule has 0 aromatic heterocycles. The Morgan fingerprint density at radius 3 is 2.62 bits per heavy atom. The summed E-state index contributed by atoms with van der Waals surface area (Å²) >= 11 is 0. The van der Waals surface area contributed by atoms with Gasteiger partial charge in [0.25, 0.3) is 5.91 Å². The Balaban J connectivity index is 1.88. The second-order valence-electron chi connectivity index (χ2n) is 7.96. The molecular formula is C22H32F4N2O6. The molecule has 0 aliphatic carbocycles. The molecule has 2 rings (SSSR count). The molecule has 1 aliphatic rings. The van der Waals surface area contributed by atoms with Crippen molar-refractivity contribution in [2.24, 2.45) is 0 Å². The molecule has 0 spiro atoms. The van der Waals surface area contributed by atoms with Gasteiger partial charge in [-0.25, -0.2) is 8.78 Å². The molecule has 0 bridgehead atoms. The lowest BCUT2D eigenvalue weighted by Crippen LogP contribution is -2.51. The van der Waals surface area contributed by atoms with Crippen molar-refractivity contribution >= 4 is 5.91 Å². The Hall–Kier alpha value is -1.99. The number of carbonyl (C=O) groups excluding carboxylic acids is 1. The SMILES string of the molecule is COCCN(C[C@H]1CN(C[C@@H](O)COCC(F)(F)C(F)F)CCO1)C(=O)c1ccc(OC)cc1. The number of amides is 1. The molecule has 12 heteroatoms. The zero-order chi connectivity index (χ0) is 25.1. The first-order chi connectivity index (χ1) is 16.2. The summed E-state index contributed by atoms with van der Waals surface area (Å²) in [5.74, 6) is -3.83. The normalized spacial score (nSPS) is 18.2. The van der Waals surface area contributed by atoms with Gasteiger partial charge in [-0.3, -0.25) is 9.69 Å². The van der Waals surface area contributed by atoms with E-state index in [0.29, 0.717) is 44.2 Å². The van der Waals surface area contributed by atoms with E-state index in [1.165, 1.54) is 14.2 Å². The summed E-state index contributed by atoms with van der Waals surface area (Å²) in [4.78, 5) is 16.5. The summed E-state index contributed by atoms with van der Waals surface area (Å²) in [7, 11) is 3.07. The third-order valence-corrected chi connectivity index (χ3v) is 5.23. The van der Waals surface area contributed by atoms with Gasteiger partial charge >= 0.3 is 12.3 Å². The predicted molar refractivity (Wildman–Crippen MR) is 115 cm³/mol. The van der Waals surface area contributed by atoms with Gasteiger partial charge in [-0.05, 0) is 24.3 Å². The van der Waals surface area contributed by atoms with Crippen molar-refractivity contribution < 1.29 is 46.4 Å². The summed E-state index contributed by atoms with van der Waals surface area (Å²) in [6.07, 6.45) is -5.33. The van der Waals surface area contributed by atoms with Gasteiger partial charge < -0.3 is 29.0 Å². The summed E-state index contributed by atoms with van der Waals surface area (Å²) in [6.45, 7) is 0.275. The van der Waals surface area contributed by atoms with Gasteiger partial charge in [-0.1, -0.05) is 0 Å². The lowest BCUT2D eigenvalue weighted by Gasteiger charge is -2.36. The van der Waals surface area contributed by atoms with Crippen LogP contribution in [0.1, 0.15) is 10.4 Å². The lowest BCUT2D eigenvalue weighted by atomic mass is 10.1. The minimum atomic E-state index is -4.26. The number of halogens is 4. The fraction of sp³-hybridized carbons (Fsp3) is 0.682. The summed E-state index contributed by atoms with van der Waals surface area (Å²) < 4.78 is 70.8. The number of benzene rings is 1. The van der Waals surface area contributed by atoms with Crippen molar-refractivity contribution in [3.8, 4) is 5.75 Å². The Bertz CT molecular complexity index is 741. The molecule has 1 aliphatic heterocycles. The number of hydrogen-bond acceptors (Lipinski definition) is 7. The number of morpholine rings is 1. The first-order valence-corrected chi connectivity index (χ1v) is 10.8. The number of carbonyl (C=O) groups is 1. The number of aliphatic hydroxyl groups is 1. The molecule has 1 amide bonds. The highest BCUT2D eigenvalue weighted by atomic mass is 19.3. The molecule has 1 aromatic rings. The van der Waals surface area contributed by atoms with Gasteiger partial charge in [0.1, 0.15) is 12.4 Å². The minimum Gasteiger partial charge on any atom is -0.497 e. The van der Waals surface area contributed by atoms with Gasteiger partial charge in [-0.2, -0.15) is 8.78 Å². The van der Waals surface area contributed by atoms with E-state index in [1.807, 2.05) is 4.90 Å². The van der Waals surface area contributed by atoms with E-state index in [1.54, 1.807) is 29.2 Å². The Morgan fingerprint density at radius 1 is 1.29 bits per heavy atom. The molecule has 2 atom stereocenters. The molecular weight excluding hydrogens is 464 g/mol. The maximum absolute atomic E-state index is 13.0. The monoisotopic (exact) mass is 496 g/mol. The molecule has 1 fully saturated rings. The van der Waals surface area contributed by atoms with Crippen LogP contribution in [0.2, 0.25) is 0 Å². The highest BCUT2D eigenvalue weighted by Gasteiger charge is 2.41. The van der Waals surface area contributed by atoms with Crippen molar-refractivity contribution in [2.75, 3.05) is 73.4 Å². The van der Waals surface area contributed by atoms with Gasteiger partial charge in [0, 0.05) is 45.4 Å². The number of ether oxygens (including phenoxy) is 4. The van der Waals surface area contributed by atoms with Crippen molar-refractivity contribution in [1.82, 2.24) is 9.80 Å². The average molecular weight is 496 g/mol. The fourth-order valence-electron chi connectivity index (χ4n) is 3.44. The van der Waals surface area contributed by atoms with Gasteiger partial charge in [0.05, 0.1) is 39.1 Å². The highest BCUT2D eigenvalue weighted by Crippen LogP contribution is 2.23. The van der Waals surface area contributed by atoms with E-state index in [2.05, 4.69) is 4.74 Å². The van der Waals surface area contributed by atoms with E-state index in [0.717, 1.165) is 0 Å². The zero-order valence-corrected chi connectivity index (χ0v) is 19.3. The van der Waals surface area contributed by atoms with Crippen LogP contribution in [0.15, 0.2) is 24.3 Å². The smallest absolute Gasteiger partial charge is 0.330 e. The first kappa shape index (κ1) is 28.2. The van der Waals surface area contributed by atoms with Crippen molar-refractivity contribution in [3.05, 3.63) is 29.8 Å². The molecule has 8 nitrogen and oxygen atoms in total. The van der Waals surface area contributed by atoms with E-state index in [9.17, 15) is 27.5 Å². The van der Waals surface area contributed by atoms with Crippen LogP contribution in [-0.4, -0.2) is 119 Å². The second kappa shape index (κ2) is 13.8. The van der Waals surface area contributed by atoms with Crippen molar-refractivity contribution in [1.29, 1.82) is 0 Å². The van der Waals surface area contributed by atoms with Crippen LogP contribution in [0.25, 0.3) is 0 Å². The maximum Gasteiger partial charge on any atom is 0.330 e. The fourth-order valence-corrected chi connectivity index (χ4v) is 3.44. The molecule has 0 unspecified atom stereocenters. The van der Waals surface area contributed by atoms with E-state index >= 15 is 0 Å². The van der Waals surface area contributed by atoms with Crippen LogP contribution in [0, 0.1) is 0 Å². The molecule has 34 heavy (non-hydrogen) atoms. The molecule has 1 heterocycles.